The monoisotopic (exact) mass is 493 g/mol. The van der Waals surface area contributed by atoms with Crippen LogP contribution in [0.2, 0.25) is 0 Å². The van der Waals surface area contributed by atoms with Crippen LogP contribution in [-0.2, 0) is 6.54 Å². The highest BCUT2D eigenvalue weighted by atomic mass is 127. The molecule has 1 aromatic carbocycles. The molecule has 1 aromatic rings. The van der Waals surface area contributed by atoms with Gasteiger partial charge in [0.15, 0.2) is 17.5 Å². The molecule has 3 N–H and O–H groups in total. The summed E-state index contributed by atoms with van der Waals surface area (Å²) in [6.07, 6.45) is 2.82. The second kappa shape index (κ2) is 13.9. The molecule has 0 unspecified atom stereocenters. The zero-order valence-corrected chi connectivity index (χ0v) is 19.6. The lowest BCUT2D eigenvalue weighted by atomic mass is 9.79. The third-order valence-corrected chi connectivity index (χ3v) is 5.01. The Labute approximate surface area is 181 Å². The number of halogens is 1. The maximum atomic E-state index is 9.39. The van der Waals surface area contributed by atoms with Crippen molar-refractivity contribution in [2.24, 2.45) is 10.4 Å². The van der Waals surface area contributed by atoms with E-state index < -0.39 is 0 Å². The maximum absolute atomic E-state index is 9.39. The quantitative estimate of drug-likeness (QED) is 0.250. The molecule has 0 fully saturated rings. The lowest BCUT2D eigenvalue weighted by Crippen LogP contribution is -2.43. The zero-order chi connectivity index (χ0) is 19.4. The molecule has 0 saturated carbocycles. The van der Waals surface area contributed by atoms with Gasteiger partial charge in [-0.3, -0.25) is 0 Å². The van der Waals surface area contributed by atoms with Crippen LogP contribution < -0.4 is 20.1 Å². The fourth-order valence-electron chi connectivity index (χ4n) is 3.03. The molecule has 0 bridgehead atoms. The first kappa shape index (κ1) is 25.8. The van der Waals surface area contributed by atoms with Gasteiger partial charge in [-0.25, -0.2) is 4.99 Å². The molecule has 156 valence electrons. The third kappa shape index (κ3) is 7.73. The first-order chi connectivity index (χ1) is 12.6. The fraction of sp³-hybridized carbons (Fsp3) is 0.650. The third-order valence-electron chi connectivity index (χ3n) is 5.01. The van der Waals surface area contributed by atoms with Crippen molar-refractivity contribution >= 4 is 29.9 Å². The van der Waals surface area contributed by atoms with Crippen molar-refractivity contribution in [3.8, 4) is 11.5 Å². The van der Waals surface area contributed by atoms with E-state index in [-0.39, 0.29) is 36.0 Å². The Morgan fingerprint density at radius 1 is 1.11 bits per heavy atom. The number of guanidine groups is 1. The van der Waals surface area contributed by atoms with Gasteiger partial charge < -0.3 is 25.2 Å². The van der Waals surface area contributed by atoms with Crippen molar-refractivity contribution in [1.82, 2.24) is 10.6 Å². The SMILES string of the molecule is CCNC(=NCc1cccc(OC)c1OC)NCC(CC)(CC)CCO.I. The van der Waals surface area contributed by atoms with Crippen LogP contribution in [-0.4, -0.2) is 45.0 Å². The number of rotatable bonds is 11. The van der Waals surface area contributed by atoms with Gasteiger partial charge in [0.25, 0.3) is 0 Å². The molecule has 6 nitrogen and oxygen atoms in total. The van der Waals surface area contributed by atoms with Crippen molar-refractivity contribution < 1.29 is 14.6 Å². The van der Waals surface area contributed by atoms with Crippen molar-refractivity contribution in [2.45, 2.75) is 46.6 Å². The fourth-order valence-corrected chi connectivity index (χ4v) is 3.03. The van der Waals surface area contributed by atoms with Crippen LogP contribution in [0.15, 0.2) is 23.2 Å². The molecular formula is C20H36IN3O3. The smallest absolute Gasteiger partial charge is 0.191 e. The largest absolute Gasteiger partial charge is 0.493 e. The van der Waals surface area contributed by atoms with Crippen LogP contribution >= 0.6 is 24.0 Å². The summed E-state index contributed by atoms with van der Waals surface area (Å²) in [7, 11) is 3.27. The lowest BCUT2D eigenvalue weighted by molar-refractivity contribution is 0.169. The normalized spacial score (nSPS) is 11.6. The van der Waals surface area contributed by atoms with Crippen molar-refractivity contribution in [2.75, 3.05) is 33.9 Å². The van der Waals surface area contributed by atoms with Crippen molar-refractivity contribution in [1.29, 1.82) is 0 Å². The minimum atomic E-state index is 0. The zero-order valence-electron chi connectivity index (χ0n) is 17.3. The van der Waals surface area contributed by atoms with Gasteiger partial charge in [0.05, 0.1) is 20.8 Å². The number of nitrogens with zero attached hydrogens (tertiary/aromatic N) is 1. The second-order valence-corrected chi connectivity index (χ2v) is 6.38. The van der Waals surface area contributed by atoms with Crippen LogP contribution in [0, 0.1) is 5.41 Å². The van der Waals surface area contributed by atoms with Gasteiger partial charge in [-0.2, -0.15) is 0 Å². The summed E-state index contributed by atoms with van der Waals surface area (Å²) in [6.45, 7) is 8.65. The van der Waals surface area contributed by atoms with E-state index in [0.29, 0.717) is 18.0 Å². The predicted octanol–water partition coefficient (Wildman–Crippen LogP) is 3.57. The summed E-state index contributed by atoms with van der Waals surface area (Å²) in [4.78, 5) is 4.70. The van der Waals surface area contributed by atoms with Gasteiger partial charge in [-0.1, -0.05) is 26.0 Å². The van der Waals surface area contributed by atoms with E-state index in [2.05, 4.69) is 24.5 Å². The lowest BCUT2D eigenvalue weighted by Gasteiger charge is -2.32. The van der Waals surface area contributed by atoms with E-state index >= 15 is 0 Å². The number of hydrogen-bond donors (Lipinski definition) is 3. The number of benzene rings is 1. The number of ether oxygens (including phenoxy) is 2. The Bertz CT molecular complexity index is 563. The number of hydrogen-bond acceptors (Lipinski definition) is 4. The molecule has 0 aliphatic heterocycles. The van der Waals surface area contributed by atoms with Crippen LogP contribution in [0.3, 0.4) is 0 Å². The summed E-state index contributed by atoms with van der Waals surface area (Å²) < 4.78 is 10.8. The molecule has 0 aromatic heterocycles. The molecule has 0 amide bonds. The highest BCUT2D eigenvalue weighted by molar-refractivity contribution is 14.0. The molecule has 27 heavy (non-hydrogen) atoms. The molecule has 7 heteroatoms. The van der Waals surface area contributed by atoms with E-state index in [1.54, 1.807) is 14.2 Å². The number of aliphatic hydroxyl groups is 1. The predicted molar refractivity (Wildman–Crippen MR) is 122 cm³/mol. The Balaban J connectivity index is 0.00000676. The maximum Gasteiger partial charge on any atom is 0.191 e. The van der Waals surface area contributed by atoms with Gasteiger partial charge in [-0.15, -0.1) is 24.0 Å². The van der Waals surface area contributed by atoms with Gasteiger partial charge in [0.1, 0.15) is 0 Å². The summed E-state index contributed by atoms with van der Waals surface area (Å²) >= 11 is 0. The molecule has 0 aliphatic carbocycles. The van der Waals surface area contributed by atoms with E-state index in [9.17, 15) is 5.11 Å². The topological polar surface area (TPSA) is 75.1 Å². The van der Waals surface area contributed by atoms with E-state index in [0.717, 1.165) is 43.9 Å². The first-order valence-electron chi connectivity index (χ1n) is 9.42. The Kier molecular flexibility index (Phi) is 13.2. The number of methoxy groups -OCH3 is 2. The molecular weight excluding hydrogens is 457 g/mol. The van der Waals surface area contributed by atoms with Crippen molar-refractivity contribution in [3.05, 3.63) is 23.8 Å². The molecule has 0 radical (unpaired) electrons. The molecule has 0 heterocycles. The number of nitrogens with one attached hydrogen (secondary N) is 2. The Morgan fingerprint density at radius 2 is 1.81 bits per heavy atom. The summed E-state index contributed by atoms with van der Waals surface area (Å²) in [5, 5.41) is 16.1. The highest BCUT2D eigenvalue weighted by Crippen LogP contribution is 2.31. The molecule has 0 atom stereocenters. The summed E-state index contributed by atoms with van der Waals surface area (Å²) in [6, 6.07) is 5.80. The van der Waals surface area contributed by atoms with Crippen LogP contribution in [0.1, 0.15) is 45.6 Å². The van der Waals surface area contributed by atoms with E-state index in [1.165, 1.54) is 0 Å². The van der Waals surface area contributed by atoms with Crippen LogP contribution in [0.5, 0.6) is 11.5 Å². The summed E-state index contributed by atoms with van der Waals surface area (Å²) in [5.41, 5.74) is 1.05. The number of para-hydroxylation sites is 1. The van der Waals surface area contributed by atoms with Crippen LogP contribution in [0.25, 0.3) is 0 Å². The van der Waals surface area contributed by atoms with E-state index in [1.807, 2.05) is 25.1 Å². The average Bonchev–Trinajstić information content (AvgIpc) is 2.68. The minimum Gasteiger partial charge on any atom is -0.493 e. The molecule has 0 saturated heterocycles. The first-order valence-corrected chi connectivity index (χ1v) is 9.42. The molecule has 0 aliphatic rings. The number of aliphatic imine (C=N–C) groups is 1. The van der Waals surface area contributed by atoms with Gasteiger partial charge in [0.2, 0.25) is 0 Å². The van der Waals surface area contributed by atoms with Crippen molar-refractivity contribution in [3.63, 3.8) is 0 Å². The Morgan fingerprint density at radius 3 is 2.33 bits per heavy atom. The van der Waals surface area contributed by atoms with E-state index in [4.69, 9.17) is 14.5 Å². The van der Waals surface area contributed by atoms with Crippen LogP contribution in [0.4, 0.5) is 0 Å². The average molecular weight is 493 g/mol. The van der Waals surface area contributed by atoms with Gasteiger partial charge >= 0.3 is 0 Å². The standard InChI is InChI=1S/C20H35N3O3.HI/c1-6-20(7-2,12-13-24)15-23-19(21-8-3)22-14-16-10-9-11-17(25-4)18(16)26-5;/h9-11,24H,6-8,12-15H2,1-5H3,(H2,21,22,23);1H. The second-order valence-electron chi connectivity index (χ2n) is 6.38. The molecule has 0 spiro atoms. The summed E-state index contributed by atoms with van der Waals surface area (Å²) in [5.74, 6) is 2.19. The number of aliphatic hydroxyl groups excluding tert-OH is 1. The Hall–Kier alpha value is -1.22. The van der Waals surface area contributed by atoms with Gasteiger partial charge in [0, 0.05) is 25.3 Å². The van der Waals surface area contributed by atoms with Gasteiger partial charge in [-0.05, 0) is 37.7 Å². The minimum absolute atomic E-state index is 0. The molecule has 1 rings (SSSR count). The highest BCUT2D eigenvalue weighted by Gasteiger charge is 2.25.